The minimum atomic E-state index is -0.237. The zero-order chi connectivity index (χ0) is 17.6. The number of rotatable bonds is 7. The van der Waals surface area contributed by atoms with Crippen LogP contribution in [-0.2, 0) is 21.9 Å². The summed E-state index contributed by atoms with van der Waals surface area (Å²) in [6.45, 7) is 0.339. The monoisotopic (exact) mass is 377 g/mol. The summed E-state index contributed by atoms with van der Waals surface area (Å²) in [6, 6.07) is 4.96. The number of fused-ring (bicyclic) bond motifs is 1. The van der Waals surface area contributed by atoms with Crippen molar-refractivity contribution in [2.45, 2.75) is 12.4 Å². The van der Waals surface area contributed by atoms with Crippen molar-refractivity contribution in [3.05, 3.63) is 51.6 Å². The summed E-state index contributed by atoms with van der Waals surface area (Å²) in [6.07, 6.45) is 3.22. The lowest BCUT2D eigenvalue weighted by molar-refractivity contribution is -0.113. The van der Waals surface area contributed by atoms with Gasteiger partial charge in [0.2, 0.25) is 10.9 Å². The molecule has 0 saturated carbocycles. The Morgan fingerprint density at radius 2 is 2.36 bits per heavy atom. The van der Waals surface area contributed by atoms with Crippen LogP contribution >= 0.6 is 23.1 Å². The maximum atomic E-state index is 12.1. The highest BCUT2D eigenvalue weighted by molar-refractivity contribution is 7.99. The molecule has 0 atom stereocenters. The highest BCUT2D eigenvalue weighted by Gasteiger charge is 2.10. The van der Waals surface area contributed by atoms with E-state index in [0.29, 0.717) is 33.7 Å². The minimum Gasteiger partial charge on any atom is -0.377 e. The van der Waals surface area contributed by atoms with E-state index in [2.05, 4.69) is 20.4 Å². The Bertz CT molecular complexity index is 926. The molecule has 130 valence electrons. The predicted molar refractivity (Wildman–Crippen MR) is 96.9 cm³/mol. The summed E-state index contributed by atoms with van der Waals surface area (Å²) >= 11 is 2.70. The average molecular weight is 377 g/mol. The first-order valence-electron chi connectivity index (χ1n) is 7.31. The summed E-state index contributed by atoms with van der Waals surface area (Å²) in [5, 5.41) is 7.60. The van der Waals surface area contributed by atoms with Gasteiger partial charge < -0.3 is 10.1 Å². The van der Waals surface area contributed by atoms with Crippen LogP contribution in [0.15, 0.2) is 35.4 Å². The molecule has 0 saturated heterocycles. The van der Waals surface area contributed by atoms with Crippen molar-refractivity contribution in [2.75, 3.05) is 18.2 Å². The van der Waals surface area contributed by atoms with Crippen molar-refractivity contribution in [1.82, 2.24) is 19.6 Å². The third kappa shape index (κ3) is 4.62. The first-order chi connectivity index (χ1) is 12.2. The number of nitrogens with zero attached hydrogens (tertiary/aromatic N) is 4. The third-order valence-electron chi connectivity index (χ3n) is 3.04. The zero-order valence-corrected chi connectivity index (χ0v) is 15.0. The fraction of sp³-hybridized carbons (Fsp3) is 0.267. The number of nitrogens with one attached hydrogen (secondary N) is 1. The van der Waals surface area contributed by atoms with Crippen molar-refractivity contribution in [3.8, 4) is 0 Å². The molecule has 8 nitrogen and oxygen atoms in total. The average Bonchev–Trinajstić information content (AvgIpc) is 2.99. The number of thioether (sulfide) groups is 1. The molecule has 0 aliphatic rings. The van der Waals surface area contributed by atoms with Gasteiger partial charge in [-0.05, 0) is 12.1 Å². The molecule has 3 rings (SSSR count). The van der Waals surface area contributed by atoms with Crippen molar-refractivity contribution < 1.29 is 9.53 Å². The summed E-state index contributed by atoms with van der Waals surface area (Å²) in [4.78, 5) is 32.9. The van der Waals surface area contributed by atoms with Gasteiger partial charge in [0.1, 0.15) is 5.01 Å². The van der Waals surface area contributed by atoms with Gasteiger partial charge in [0, 0.05) is 25.1 Å². The molecule has 3 heterocycles. The highest BCUT2D eigenvalue weighted by Crippen LogP contribution is 2.15. The van der Waals surface area contributed by atoms with Crippen molar-refractivity contribution in [2.24, 2.45) is 0 Å². The van der Waals surface area contributed by atoms with Gasteiger partial charge in [-0.25, -0.2) is 4.98 Å². The molecule has 25 heavy (non-hydrogen) atoms. The van der Waals surface area contributed by atoms with E-state index >= 15 is 0 Å². The number of aromatic nitrogens is 4. The molecule has 10 heteroatoms. The van der Waals surface area contributed by atoms with Gasteiger partial charge in [-0.3, -0.25) is 14.6 Å². The van der Waals surface area contributed by atoms with Crippen molar-refractivity contribution in [3.63, 3.8) is 0 Å². The molecular weight excluding hydrogens is 362 g/mol. The standard InChI is InChI=1S/C15H15N5O3S2/c1-23-7-13-19-20-14(22)5-11(18-15(20)25-13)8-24-9-12(21)17-10-3-2-4-16-6-10/h2-6H,7-9H2,1H3,(H,17,21). The molecule has 1 N–H and O–H groups in total. The Morgan fingerprint density at radius 1 is 1.48 bits per heavy atom. The molecule has 3 aromatic heterocycles. The SMILES string of the molecule is COCc1nn2c(=O)cc(CSCC(=O)Nc3cccnc3)nc2s1. The van der Waals surface area contributed by atoms with Gasteiger partial charge >= 0.3 is 0 Å². The van der Waals surface area contributed by atoms with E-state index < -0.39 is 0 Å². The van der Waals surface area contributed by atoms with E-state index in [1.807, 2.05) is 0 Å². The van der Waals surface area contributed by atoms with Gasteiger partial charge in [-0.15, -0.1) is 11.8 Å². The first-order valence-corrected chi connectivity index (χ1v) is 9.28. The van der Waals surface area contributed by atoms with Crippen molar-refractivity contribution >= 4 is 39.7 Å². The Kier molecular flexibility index (Phi) is 5.74. The van der Waals surface area contributed by atoms with Crippen LogP contribution in [0.5, 0.6) is 0 Å². The molecule has 0 fully saturated rings. The fourth-order valence-corrected chi connectivity index (χ4v) is 3.64. The largest absolute Gasteiger partial charge is 0.377 e. The van der Waals surface area contributed by atoms with E-state index in [0.717, 1.165) is 0 Å². The number of hydrogen-bond acceptors (Lipinski definition) is 8. The lowest BCUT2D eigenvalue weighted by Gasteiger charge is -2.04. The number of ether oxygens (including phenoxy) is 1. The molecule has 0 bridgehead atoms. The maximum Gasteiger partial charge on any atom is 0.275 e. The number of anilines is 1. The van der Waals surface area contributed by atoms with E-state index in [-0.39, 0.29) is 17.2 Å². The van der Waals surface area contributed by atoms with Crippen LogP contribution in [0.4, 0.5) is 5.69 Å². The molecule has 0 aromatic carbocycles. The molecular formula is C15H15N5O3S2. The summed E-state index contributed by atoms with van der Waals surface area (Å²) in [5.41, 5.74) is 1.04. The Labute approximate surface area is 151 Å². The predicted octanol–water partition coefficient (Wildman–Crippen LogP) is 1.56. The van der Waals surface area contributed by atoms with Crippen LogP contribution in [0.3, 0.4) is 0 Å². The second-order valence-electron chi connectivity index (χ2n) is 4.99. The van der Waals surface area contributed by atoms with E-state index in [1.54, 1.807) is 31.6 Å². The van der Waals surface area contributed by atoms with Crippen molar-refractivity contribution in [1.29, 1.82) is 0 Å². The van der Waals surface area contributed by atoms with Gasteiger partial charge in [0.15, 0.2) is 0 Å². The number of carbonyl (C=O) groups is 1. The Hall–Kier alpha value is -2.30. The number of carbonyl (C=O) groups excluding carboxylic acids is 1. The van der Waals surface area contributed by atoms with E-state index in [9.17, 15) is 9.59 Å². The lowest BCUT2D eigenvalue weighted by atomic mass is 10.4. The summed E-state index contributed by atoms with van der Waals surface area (Å²) < 4.78 is 6.29. The molecule has 0 aliphatic carbocycles. The van der Waals surface area contributed by atoms with Crippen LogP contribution in [0.25, 0.3) is 4.96 Å². The number of amides is 1. The molecule has 1 amide bonds. The van der Waals surface area contributed by atoms with Crippen LogP contribution in [-0.4, -0.2) is 38.4 Å². The van der Waals surface area contributed by atoms with Crippen LogP contribution in [0.2, 0.25) is 0 Å². The molecule has 0 spiro atoms. The number of pyridine rings is 1. The van der Waals surface area contributed by atoms with E-state index in [1.165, 1.54) is 33.7 Å². The lowest BCUT2D eigenvalue weighted by Crippen LogP contribution is -2.16. The van der Waals surface area contributed by atoms with Gasteiger partial charge in [0.25, 0.3) is 5.56 Å². The highest BCUT2D eigenvalue weighted by atomic mass is 32.2. The summed E-state index contributed by atoms with van der Waals surface area (Å²) in [7, 11) is 1.57. The first kappa shape index (κ1) is 17.5. The van der Waals surface area contributed by atoms with Crippen LogP contribution < -0.4 is 10.9 Å². The van der Waals surface area contributed by atoms with E-state index in [4.69, 9.17) is 4.74 Å². The number of hydrogen-bond donors (Lipinski definition) is 1. The molecule has 0 radical (unpaired) electrons. The molecule has 0 unspecified atom stereocenters. The topological polar surface area (TPSA) is 98.5 Å². The Balaban J connectivity index is 1.59. The second-order valence-corrected chi connectivity index (χ2v) is 7.02. The number of methoxy groups -OCH3 is 1. The van der Waals surface area contributed by atoms with Gasteiger partial charge in [-0.1, -0.05) is 11.3 Å². The quantitative estimate of drug-likeness (QED) is 0.667. The molecule has 3 aromatic rings. The smallest absolute Gasteiger partial charge is 0.275 e. The zero-order valence-electron chi connectivity index (χ0n) is 13.3. The maximum absolute atomic E-state index is 12.1. The molecule has 0 aliphatic heterocycles. The van der Waals surface area contributed by atoms with Gasteiger partial charge in [-0.2, -0.15) is 9.61 Å². The minimum absolute atomic E-state index is 0.129. The third-order valence-corrected chi connectivity index (χ3v) is 4.88. The Morgan fingerprint density at radius 3 is 3.12 bits per heavy atom. The van der Waals surface area contributed by atoms with Crippen LogP contribution in [0, 0.1) is 0 Å². The fourth-order valence-electron chi connectivity index (χ4n) is 2.03. The normalized spacial score (nSPS) is 10.9. The van der Waals surface area contributed by atoms with Gasteiger partial charge in [0.05, 0.1) is 29.9 Å². The summed E-state index contributed by atoms with van der Waals surface area (Å²) in [5.74, 6) is 0.591. The van der Waals surface area contributed by atoms with Crippen LogP contribution in [0.1, 0.15) is 10.7 Å². The second kappa shape index (κ2) is 8.19.